The zero-order chi connectivity index (χ0) is 15.3. The predicted octanol–water partition coefficient (Wildman–Crippen LogP) is 2.75. The first-order valence-electron chi connectivity index (χ1n) is 6.61. The first-order chi connectivity index (χ1) is 8.20. The summed E-state index contributed by atoms with van der Waals surface area (Å²) in [7, 11) is 1.60. The number of nitrogens with one attached hydrogen (secondary N) is 1. The maximum absolute atomic E-state index is 10.2. The van der Waals surface area contributed by atoms with E-state index in [1.807, 2.05) is 55.4 Å². The Bertz CT molecular complexity index is 118. The second-order valence-electron chi connectivity index (χ2n) is 1.70. The molecule has 0 fully saturated rings. The van der Waals surface area contributed by atoms with Gasteiger partial charge in [-0.05, 0) is 7.05 Å². The van der Waals surface area contributed by atoms with E-state index in [0.717, 1.165) is 0 Å². The lowest BCUT2D eigenvalue weighted by molar-refractivity contribution is -0.120. The summed E-state index contributed by atoms with van der Waals surface area (Å²) in [6.07, 6.45) is 0.727. The van der Waals surface area contributed by atoms with Crippen molar-refractivity contribution in [2.24, 2.45) is 5.73 Å². The summed E-state index contributed by atoms with van der Waals surface area (Å²) >= 11 is 0. The Morgan fingerprint density at radius 1 is 1.06 bits per heavy atom. The van der Waals surface area contributed by atoms with E-state index in [2.05, 4.69) is 5.32 Å². The van der Waals surface area contributed by atoms with Crippen LogP contribution in [0.2, 0.25) is 0 Å². The highest BCUT2D eigenvalue weighted by Crippen LogP contribution is 1.82. The monoisotopic (exact) mass is 250 g/mol. The minimum atomic E-state index is -0.471. The zero-order valence-electron chi connectivity index (χ0n) is 13.3. The first-order valence-corrected chi connectivity index (χ1v) is 6.61. The van der Waals surface area contributed by atoms with Crippen LogP contribution in [0, 0.1) is 0 Å². The van der Waals surface area contributed by atoms with E-state index >= 15 is 0 Å². The molecule has 4 nitrogen and oxygen atoms in total. The summed E-state index contributed by atoms with van der Waals surface area (Å²) in [4.78, 5) is 20.2. The third-order valence-corrected chi connectivity index (χ3v) is 0.956. The van der Waals surface area contributed by atoms with Crippen molar-refractivity contribution in [3.8, 4) is 0 Å². The number of carbonyl (C=O) groups is 2. The molecule has 1 atom stereocenters. The Balaban J connectivity index is -0.0000000507. The van der Waals surface area contributed by atoms with Crippen molar-refractivity contribution >= 4 is 12.2 Å². The maximum Gasteiger partial charge on any atom is 0.219 e. The van der Waals surface area contributed by atoms with Gasteiger partial charge in [0.1, 0.15) is 6.29 Å². The number of aldehydes is 1. The van der Waals surface area contributed by atoms with Gasteiger partial charge in [-0.3, -0.25) is 4.79 Å². The van der Waals surface area contributed by atoms with Gasteiger partial charge in [-0.15, -0.1) is 0 Å². The molecule has 0 saturated carbocycles. The molecule has 0 aromatic carbocycles. The number of likely N-dealkylation sites (N-methyl/N-ethyl adjacent to an activating group) is 1. The second kappa shape index (κ2) is 45.8. The Hall–Kier alpha value is -0.900. The molecule has 0 unspecified atom stereocenters. The Morgan fingerprint density at radius 2 is 1.35 bits per heavy atom. The fraction of sp³-hybridized carbons (Fsp3) is 0.846. The molecule has 0 rings (SSSR count). The van der Waals surface area contributed by atoms with Crippen LogP contribution in [0.3, 0.4) is 0 Å². The van der Waals surface area contributed by atoms with Crippen LogP contribution in [0.15, 0.2) is 0 Å². The van der Waals surface area contributed by atoms with Crippen LogP contribution in [-0.4, -0.2) is 25.3 Å². The standard InChI is InChI=1S/C5H10N2O2.4C2H6/c1-7-4(3-8)2-5(6)9;4*1-2/h3-4,7H,2H2,1H3,(H2,6,9);4*1-2H3/t4-;;;;/m0..../s1. The van der Waals surface area contributed by atoms with Crippen molar-refractivity contribution < 1.29 is 9.59 Å². The summed E-state index contributed by atoms with van der Waals surface area (Å²) in [6, 6.07) is -0.428. The average Bonchev–Trinajstić information content (AvgIpc) is 2.44. The molecule has 0 bridgehead atoms. The third kappa shape index (κ3) is 51.4. The summed E-state index contributed by atoms with van der Waals surface area (Å²) in [5.74, 6) is -0.471. The van der Waals surface area contributed by atoms with E-state index in [1.54, 1.807) is 7.05 Å². The van der Waals surface area contributed by atoms with Crippen LogP contribution < -0.4 is 11.1 Å². The van der Waals surface area contributed by atoms with E-state index in [4.69, 9.17) is 5.73 Å². The first kappa shape index (κ1) is 29.8. The molecule has 17 heavy (non-hydrogen) atoms. The summed E-state index contributed by atoms with van der Waals surface area (Å²) < 4.78 is 0. The molecule has 0 aromatic heterocycles. The van der Waals surface area contributed by atoms with Crippen LogP contribution in [-0.2, 0) is 9.59 Å². The van der Waals surface area contributed by atoms with Crippen LogP contribution in [0.25, 0.3) is 0 Å². The van der Waals surface area contributed by atoms with Crippen LogP contribution in [0.1, 0.15) is 61.8 Å². The minimum Gasteiger partial charge on any atom is -0.370 e. The summed E-state index contributed by atoms with van der Waals surface area (Å²) in [5.41, 5.74) is 4.81. The topological polar surface area (TPSA) is 72.2 Å². The Morgan fingerprint density at radius 3 is 1.41 bits per heavy atom. The van der Waals surface area contributed by atoms with Gasteiger partial charge in [-0.1, -0.05) is 55.4 Å². The molecule has 3 N–H and O–H groups in total. The lowest BCUT2D eigenvalue weighted by Gasteiger charge is -2.03. The highest BCUT2D eigenvalue weighted by atomic mass is 16.1. The Kier molecular flexibility index (Phi) is 80.2. The Labute approximate surface area is 108 Å². The zero-order valence-corrected chi connectivity index (χ0v) is 13.3. The molecule has 0 aliphatic rings. The number of primary amides is 1. The molecular weight excluding hydrogens is 216 g/mol. The molecule has 0 aliphatic heterocycles. The molecule has 0 radical (unpaired) electrons. The summed E-state index contributed by atoms with van der Waals surface area (Å²) in [6.45, 7) is 16.0. The van der Waals surface area contributed by atoms with E-state index < -0.39 is 11.9 Å². The fourth-order valence-electron chi connectivity index (χ4n) is 0.435. The van der Waals surface area contributed by atoms with Gasteiger partial charge in [0.2, 0.25) is 5.91 Å². The molecule has 1 amide bonds. The van der Waals surface area contributed by atoms with Gasteiger partial charge in [0, 0.05) is 6.42 Å². The highest BCUT2D eigenvalue weighted by Gasteiger charge is 2.05. The van der Waals surface area contributed by atoms with E-state index in [-0.39, 0.29) is 6.42 Å². The second-order valence-corrected chi connectivity index (χ2v) is 1.70. The van der Waals surface area contributed by atoms with E-state index in [0.29, 0.717) is 6.29 Å². The maximum atomic E-state index is 10.2. The fourth-order valence-corrected chi connectivity index (χ4v) is 0.435. The molecule has 4 heteroatoms. The number of hydrogen-bond acceptors (Lipinski definition) is 3. The predicted molar refractivity (Wildman–Crippen MR) is 78.1 cm³/mol. The number of carbonyl (C=O) groups excluding carboxylic acids is 2. The van der Waals surface area contributed by atoms with Crippen LogP contribution in [0.5, 0.6) is 0 Å². The van der Waals surface area contributed by atoms with E-state index in [9.17, 15) is 9.59 Å². The minimum absolute atomic E-state index is 0.0694. The van der Waals surface area contributed by atoms with Gasteiger partial charge in [-0.25, -0.2) is 0 Å². The van der Waals surface area contributed by atoms with Crippen molar-refractivity contribution in [1.29, 1.82) is 0 Å². The van der Waals surface area contributed by atoms with Gasteiger partial charge in [0.15, 0.2) is 0 Å². The highest BCUT2D eigenvalue weighted by molar-refractivity contribution is 5.78. The molecule has 108 valence electrons. The quantitative estimate of drug-likeness (QED) is 0.754. The molecular formula is C13H34N2O2. The molecule has 0 saturated heterocycles. The van der Waals surface area contributed by atoms with Gasteiger partial charge in [0.05, 0.1) is 6.04 Å². The van der Waals surface area contributed by atoms with Gasteiger partial charge in [0.25, 0.3) is 0 Å². The number of amides is 1. The summed E-state index contributed by atoms with van der Waals surface area (Å²) in [5, 5.41) is 2.61. The SMILES string of the molecule is CC.CC.CC.CC.CN[C@H](C=O)CC(N)=O. The number of nitrogens with two attached hydrogens (primary N) is 1. The van der Waals surface area contributed by atoms with Crippen molar-refractivity contribution in [2.45, 2.75) is 67.9 Å². The smallest absolute Gasteiger partial charge is 0.219 e. The van der Waals surface area contributed by atoms with Crippen molar-refractivity contribution in [1.82, 2.24) is 5.32 Å². The van der Waals surface area contributed by atoms with Crippen molar-refractivity contribution in [3.05, 3.63) is 0 Å². The van der Waals surface area contributed by atoms with Crippen LogP contribution in [0.4, 0.5) is 0 Å². The van der Waals surface area contributed by atoms with Gasteiger partial charge >= 0.3 is 0 Å². The van der Waals surface area contributed by atoms with Gasteiger partial charge < -0.3 is 15.8 Å². The van der Waals surface area contributed by atoms with Crippen LogP contribution >= 0.6 is 0 Å². The average molecular weight is 250 g/mol. The van der Waals surface area contributed by atoms with Gasteiger partial charge in [-0.2, -0.15) is 0 Å². The molecule has 0 spiro atoms. The van der Waals surface area contributed by atoms with E-state index in [1.165, 1.54) is 0 Å². The number of hydrogen-bond donors (Lipinski definition) is 2. The molecule has 0 heterocycles. The normalized spacial score (nSPS) is 8.06. The van der Waals surface area contributed by atoms with Crippen molar-refractivity contribution in [3.63, 3.8) is 0 Å². The van der Waals surface area contributed by atoms with Crippen molar-refractivity contribution in [2.75, 3.05) is 7.05 Å². The lowest BCUT2D eigenvalue weighted by Crippen LogP contribution is -2.31. The number of rotatable bonds is 4. The molecule has 0 aromatic rings. The molecule has 0 aliphatic carbocycles. The third-order valence-electron chi connectivity index (χ3n) is 0.956. The lowest BCUT2D eigenvalue weighted by atomic mass is 10.2. The largest absolute Gasteiger partial charge is 0.370 e.